The molecule has 19 heavy (non-hydrogen) atoms. The summed E-state index contributed by atoms with van der Waals surface area (Å²) >= 11 is 0. The molecule has 2 aromatic rings. The first-order chi connectivity index (χ1) is 9.13. The Bertz CT molecular complexity index is 508. The van der Waals surface area contributed by atoms with Crippen molar-refractivity contribution < 1.29 is 9.84 Å². The molecule has 6 heteroatoms. The summed E-state index contributed by atoms with van der Waals surface area (Å²) in [6.45, 7) is 2.10. The van der Waals surface area contributed by atoms with Crippen molar-refractivity contribution >= 4 is 0 Å². The molecule has 0 spiro atoms. The molecule has 1 aromatic carbocycles. The Labute approximate surface area is 112 Å². The molecule has 0 fully saturated rings. The van der Waals surface area contributed by atoms with Gasteiger partial charge < -0.3 is 9.84 Å². The monoisotopic (exact) mass is 262 g/mol. The zero-order chi connectivity index (χ0) is 13.7. The highest BCUT2D eigenvalue weighted by Crippen LogP contribution is 2.14. The topological polar surface area (TPSA) is 73.1 Å². The first kappa shape index (κ1) is 13.5. The number of ether oxygens (including phenoxy) is 1. The molecule has 0 aliphatic carbocycles. The van der Waals surface area contributed by atoms with Crippen LogP contribution in [-0.2, 0) is 20.1 Å². The van der Waals surface area contributed by atoms with E-state index in [0.717, 1.165) is 18.6 Å². The summed E-state index contributed by atoms with van der Waals surface area (Å²) in [5.41, 5.74) is 1.19. The SMILES string of the molecule is CC(O)CCc1ccc(OCc2nnn(C)n2)cc1. The lowest BCUT2D eigenvalue weighted by atomic mass is 10.1. The van der Waals surface area contributed by atoms with Crippen LogP contribution in [0.1, 0.15) is 24.7 Å². The molecule has 6 nitrogen and oxygen atoms in total. The normalized spacial score (nSPS) is 12.4. The molecule has 1 N–H and O–H groups in total. The lowest BCUT2D eigenvalue weighted by Crippen LogP contribution is -2.01. The highest BCUT2D eigenvalue weighted by atomic mass is 16.5. The Kier molecular flexibility index (Phi) is 4.46. The maximum atomic E-state index is 9.23. The molecule has 0 bridgehead atoms. The zero-order valence-corrected chi connectivity index (χ0v) is 11.2. The van der Waals surface area contributed by atoms with Crippen molar-refractivity contribution in [3.63, 3.8) is 0 Å². The van der Waals surface area contributed by atoms with Crippen molar-refractivity contribution in [3.8, 4) is 5.75 Å². The fraction of sp³-hybridized carbons (Fsp3) is 0.462. The van der Waals surface area contributed by atoms with E-state index in [1.54, 1.807) is 14.0 Å². The Balaban J connectivity index is 1.84. The van der Waals surface area contributed by atoms with E-state index in [4.69, 9.17) is 4.74 Å². The number of aromatic nitrogens is 4. The smallest absolute Gasteiger partial charge is 0.212 e. The molecule has 2 rings (SSSR count). The number of aliphatic hydroxyl groups excluding tert-OH is 1. The Morgan fingerprint density at radius 1 is 1.32 bits per heavy atom. The predicted molar refractivity (Wildman–Crippen MR) is 69.6 cm³/mol. The van der Waals surface area contributed by atoms with Gasteiger partial charge in [0.2, 0.25) is 5.82 Å². The van der Waals surface area contributed by atoms with Crippen LogP contribution in [0, 0.1) is 0 Å². The van der Waals surface area contributed by atoms with Gasteiger partial charge >= 0.3 is 0 Å². The van der Waals surface area contributed by atoms with Gasteiger partial charge in [-0.05, 0) is 42.7 Å². The quantitative estimate of drug-likeness (QED) is 0.844. The molecule has 1 aromatic heterocycles. The maximum absolute atomic E-state index is 9.23. The van der Waals surface area contributed by atoms with Crippen LogP contribution in [0.2, 0.25) is 0 Å². The van der Waals surface area contributed by atoms with Crippen LogP contribution >= 0.6 is 0 Å². The zero-order valence-electron chi connectivity index (χ0n) is 11.2. The Morgan fingerprint density at radius 2 is 2.05 bits per heavy atom. The van der Waals surface area contributed by atoms with E-state index in [2.05, 4.69) is 15.4 Å². The van der Waals surface area contributed by atoms with Crippen LogP contribution in [0.4, 0.5) is 0 Å². The Hall–Kier alpha value is -1.95. The minimum absolute atomic E-state index is 0.265. The summed E-state index contributed by atoms with van der Waals surface area (Å²) < 4.78 is 5.56. The first-order valence-electron chi connectivity index (χ1n) is 6.26. The van der Waals surface area contributed by atoms with Crippen molar-refractivity contribution in [2.24, 2.45) is 7.05 Å². The van der Waals surface area contributed by atoms with Gasteiger partial charge in [0.25, 0.3) is 0 Å². The maximum Gasteiger partial charge on any atom is 0.212 e. The van der Waals surface area contributed by atoms with Crippen LogP contribution in [0.15, 0.2) is 24.3 Å². The number of tetrazole rings is 1. The predicted octanol–water partition coefficient (Wildman–Crippen LogP) is 1.10. The number of rotatable bonds is 6. The molecule has 0 radical (unpaired) electrons. The molecule has 0 aliphatic heterocycles. The highest BCUT2D eigenvalue weighted by Gasteiger charge is 2.02. The standard InChI is InChI=1S/C13H18N4O2/c1-10(18)3-4-11-5-7-12(8-6-11)19-9-13-14-16-17(2)15-13/h5-8,10,18H,3-4,9H2,1-2H3. The molecule has 1 atom stereocenters. The molecule has 0 saturated heterocycles. The number of hydrogen-bond acceptors (Lipinski definition) is 5. The van der Waals surface area contributed by atoms with E-state index in [0.29, 0.717) is 12.4 Å². The minimum Gasteiger partial charge on any atom is -0.485 e. The second-order valence-electron chi connectivity index (χ2n) is 4.52. The van der Waals surface area contributed by atoms with Crippen molar-refractivity contribution in [1.82, 2.24) is 20.2 Å². The van der Waals surface area contributed by atoms with Crippen molar-refractivity contribution in [3.05, 3.63) is 35.7 Å². The highest BCUT2D eigenvalue weighted by molar-refractivity contribution is 5.27. The van der Waals surface area contributed by atoms with Crippen LogP contribution in [0.3, 0.4) is 0 Å². The first-order valence-corrected chi connectivity index (χ1v) is 6.26. The lowest BCUT2D eigenvalue weighted by Gasteiger charge is -2.06. The molecular formula is C13H18N4O2. The summed E-state index contributed by atoms with van der Waals surface area (Å²) in [6, 6.07) is 7.82. The second-order valence-corrected chi connectivity index (χ2v) is 4.52. The van der Waals surface area contributed by atoms with E-state index in [1.165, 1.54) is 10.4 Å². The number of hydrogen-bond donors (Lipinski definition) is 1. The van der Waals surface area contributed by atoms with E-state index in [-0.39, 0.29) is 6.10 Å². The third-order valence-corrected chi connectivity index (χ3v) is 2.69. The largest absolute Gasteiger partial charge is 0.485 e. The van der Waals surface area contributed by atoms with Gasteiger partial charge in [0, 0.05) is 0 Å². The summed E-state index contributed by atoms with van der Waals surface area (Å²) in [7, 11) is 1.72. The van der Waals surface area contributed by atoms with Crippen LogP contribution < -0.4 is 4.74 Å². The van der Waals surface area contributed by atoms with Crippen LogP contribution in [0.5, 0.6) is 5.75 Å². The van der Waals surface area contributed by atoms with Crippen molar-refractivity contribution in [1.29, 1.82) is 0 Å². The van der Waals surface area contributed by atoms with E-state index < -0.39 is 0 Å². The van der Waals surface area contributed by atoms with Gasteiger partial charge in [-0.3, -0.25) is 0 Å². The molecule has 1 unspecified atom stereocenters. The number of benzene rings is 1. The van der Waals surface area contributed by atoms with E-state index in [9.17, 15) is 5.11 Å². The van der Waals surface area contributed by atoms with Gasteiger partial charge in [0.1, 0.15) is 5.75 Å². The van der Waals surface area contributed by atoms with Gasteiger partial charge in [-0.15, -0.1) is 10.2 Å². The number of nitrogens with zero attached hydrogens (tertiary/aromatic N) is 4. The van der Waals surface area contributed by atoms with Crippen LogP contribution in [-0.4, -0.2) is 31.4 Å². The van der Waals surface area contributed by atoms with Gasteiger partial charge in [0.15, 0.2) is 6.61 Å². The average Bonchev–Trinajstić information content (AvgIpc) is 2.81. The van der Waals surface area contributed by atoms with Gasteiger partial charge in [0.05, 0.1) is 13.2 Å². The number of aliphatic hydroxyl groups is 1. The van der Waals surface area contributed by atoms with Gasteiger partial charge in [-0.1, -0.05) is 12.1 Å². The third-order valence-electron chi connectivity index (χ3n) is 2.69. The minimum atomic E-state index is -0.265. The average molecular weight is 262 g/mol. The fourth-order valence-corrected chi connectivity index (χ4v) is 1.66. The summed E-state index contributed by atoms with van der Waals surface area (Å²) in [5, 5.41) is 20.8. The van der Waals surface area contributed by atoms with Gasteiger partial charge in [-0.25, -0.2) is 0 Å². The van der Waals surface area contributed by atoms with E-state index >= 15 is 0 Å². The molecular weight excluding hydrogens is 244 g/mol. The van der Waals surface area contributed by atoms with Crippen molar-refractivity contribution in [2.45, 2.75) is 32.5 Å². The number of aryl methyl sites for hydroxylation is 2. The lowest BCUT2D eigenvalue weighted by molar-refractivity contribution is 0.185. The van der Waals surface area contributed by atoms with E-state index in [1.807, 2.05) is 24.3 Å². The summed E-state index contributed by atoms with van der Waals surface area (Å²) in [5.74, 6) is 1.33. The Morgan fingerprint density at radius 3 is 2.63 bits per heavy atom. The third kappa shape index (κ3) is 4.33. The summed E-state index contributed by atoms with van der Waals surface area (Å²) in [4.78, 5) is 1.40. The van der Waals surface area contributed by atoms with Crippen LogP contribution in [0.25, 0.3) is 0 Å². The second kappa shape index (κ2) is 6.29. The van der Waals surface area contributed by atoms with Crippen molar-refractivity contribution in [2.75, 3.05) is 0 Å². The molecule has 1 heterocycles. The van der Waals surface area contributed by atoms with Gasteiger partial charge in [-0.2, -0.15) is 4.80 Å². The molecule has 102 valence electrons. The molecule has 0 amide bonds. The fourth-order valence-electron chi connectivity index (χ4n) is 1.66. The molecule has 0 aliphatic rings. The summed E-state index contributed by atoms with van der Waals surface area (Å²) in [6.07, 6.45) is 1.37. The molecule has 0 saturated carbocycles.